The van der Waals surface area contributed by atoms with Gasteiger partial charge < -0.3 is 34.4 Å². The monoisotopic (exact) mass is 552 g/mol. The zero-order valence-electron chi connectivity index (χ0n) is 22.4. The summed E-state index contributed by atoms with van der Waals surface area (Å²) in [5.74, 6) is 0.748. The number of nitrogens with one attached hydrogen (secondary N) is 2. The summed E-state index contributed by atoms with van der Waals surface area (Å²) >= 11 is 1.56. The predicted molar refractivity (Wildman–Crippen MR) is 146 cm³/mol. The maximum absolute atomic E-state index is 10.1. The van der Waals surface area contributed by atoms with E-state index in [1.54, 1.807) is 30.8 Å². The summed E-state index contributed by atoms with van der Waals surface area (Å²) in [5, 5.41) is 20.7. The van der Waals surface area contributed by atoms with Crippen LogP contribution in [0.3, 0.4) is 0 Å². The van der Waals surface area contributed by atoms with Crippen LogP contribution in [0.4, 0.5) is 11.8 Å². The fourth-order valence-corrected chi connectivity index (χ4v) is 6.12. The Kier molecular flexibility index (Phi) is 6.76. The Labute approximate surface area is 230 Å². The maximum atomic E-state index is 10.1. The molecule has 1 saturated heterocycles. The van der Waals surface area contributed by atoms with E-state index in [1.807, 2.05) is 38.3 Å². The molecule has 1 aliphatic heterocycles. The fourth-order valence-electron chi connectivity index (χ4n) is 5.56. The van der Waals surface area contributed by atoms with Gasteiger partial charge >= 0.3 is 0 Å². The van der Waals surface area contributed by atoms with Crippen LogP contribution in [0.2, 0.25) is 0 Å². The number of nitrogens with zero attached hydrogens (tertiary/aromatic N) is 4. The molecule has 39 heavy (non-hydrogen) atoms. The van der Waals surface area contributed by atoms with Crippen molar-refractivity contribution in [3.8, 4) is 11.3 Å². The van der Waals surface area contributed by atoms with Crippen molar-refractivity contribution in [3.05, 3.63) is 46.3 Å². The molecule has 4 aromatic heterocycles. The summed E-state index contributed by atoms with van der Waals surface area (Å²) in [5.41, 5.74) is 2.04. The number of aliphatic hydroxyl groups is 1. The summed E-state index contributed by atoms with van der Waals surface area (Å²) in [4.78, 5) is 18.4. The highest BCUT2D eigenvalue weighted by Crippen LogP contribution is 2.50. The highest BCUT2D eigenvalue weighted by atomic mass is 32.1. The van der Waals surface area contributed by atoms with Gasteiger partial charge in [0.05, 0.1) is 36.3 Å². The van der Waals surface area contributed by atoms with Gasteiger partial charge in [0.1, 0.15) is 22.7 Å². The van der Waals surface area contributed by atoms with Gasteiger partial charge in [0.15, 0.2) is 17.1 Å². The van der Waals surface area contributed by atoms with Crippen LogP contribution in [-0.2, 0) is 27.4 Å². The van der Waals surface area contributed by atoms with E-state index in [0.29, 0.717) is 48.2 Å². The Morgan fingerprint density at radius 2 is 2.10 bits per heavy atom. The van der Waals surface area contributed by atoms with Crippen molar-refractivity contribution in [2.45, 2.75) is 64.4 Å². The van der Waals surface area contributed by atoms with Gasteiger partial charge in [-0.3, -0.25) is 4.98 Å². The number of hydrogen-bond acceptors (Lipinski definition) is 12. The number of furan rings is 1. The lowest BCUT2D eigenvalue weighted by Crippen LogP contribution is -2.46. The Morgan fingerprint density at radius 1 is 1.23 bits per heavy atom. The standard InChI is InChI=1S/C27H32N6O5S/c1-15-22(19-10-17-9-18(14-35-4)29-11-20(17)36-19)24(32-25(31-15)30-12-21-28-7-8-39-21)33-27-6-5-16(13-34)23(27)37-26(2,3)38-27/h7-11,16,23,34H,5-6,12-14H2,1-4H3,(H2,30,31,32,33). The van der Waals surface area contributed by atoms with E-state index in [0.717, 1.165) is 28.2 Å². The molecule has 0 spiro atoms. The second kappa shape index (κ2) is 10.1. The van der Waals surface area contributed by atoms with Crippen LogP contribution in [0.5, 0.6) is 0 Å². The average Bonchev–Trinajstić information content (AvgIpc) is 3.65. The second-order valence-electron chi connectivity index (χ2n) is 10.4. The molecule has 0 aromatic carbocycles. The first kappa shape index (κ1) is 26.1. The first-order valence-corrected chi connectivity index (χ1v) is 13.8. The first-order chi connectivity index (χ1) is 18.8. The van der Waals surface area contributed by atoms with Crippen molar-refractivity contribution >= 4 is 34.1 Å². The first-order valence-electron chi connectivity index (χ1n) is 12.9. The topological polar surface area (TPSA) is 137 Å². The summed E-state index contributed by atoms with van der Waals surface area (Å²) < 4.78 is 24.3. The van der Waals surface area contributed by atoms with E-state index in [9.17, 15) is 5.11 Å². The average molecular weight is 553 g/mol. The van der Waals surface area contributed by atoms with Gasteiger partial charge in [0.2, 0.25) is 5.95 Å². The molecule has 11 nitrogen and oxygen atoms in total. The molecule has 12 heteroatoms. The summed E-state index contributed by atoms with van der Waals surface area (Å²) in [7, 11) is 1.64. The van der Waals surface area contributed by atoms with E-state index in [4.69, 9.17) is 28.6 Å². The molecule has 0 amide bonds. The van der Waals surface area contributed by atoms with E-state index in [-0.39, 0.29) is 18.6 Å². The smallest absolute Gasteiger partial charge is 0.225 e. The molecule has 2 aliphatic rings. The number of anilines is 2. The number of methoxy groups -OCH3 is 1. The predicted octanol–water partition coefficient (Wildman–Crippen LogP) is 4.47. The fraction of sp³-hybridized carbons (Fsp3) is 0.481. The third kappa shape index (κ3) is 4.98. The molecular formula is C27H32N6O5S. The van der Waals surface area contributed by atoms with Crippen molar-refractivity contribution in [2.24, 2.45) is 5.92 Å². The van der Waals surface area contributed by atoms with Crippen LogP contribution >= 0.6 is 11.3 Å². The molecule has 0 radical (unpaired) electrons. The lowest BCUT2D eigenvalue weighted by molar-refractivity contribution is -0.168. The zero-order chi connectivity index (χ0) is 27.2. The third-order valence-electron chi connectivity index (χ3n) is 7.15. The number of aliphatic hydroxyl groups excluding tert-OH is 1. The Morgan fingerprint density at radius 3 is 2.87 bits per heavy atom. The molecule has 3 atom stereocenters. The molecule has 6 rings (SSSR count). The molecule has 2 fully saturated rings. The molecule has 4 aromatic rings. The van der Waals surface area contributed by atoms with Crippen molar-refractivity contribution in [1.82, 2.24) is 19.9 Å². The van der Waals surface area contributed by atoms with Crippen molar-refractivity contribution in [1.29, 1.82) is 0 Å². The lowest BCUT2D eigenvalue weighted by atomic mass is 10.0. The van der Waals surface area contributed by atoms with Gasteiger partial charge in [-0.15, -0.1) is 11.3 Å². The molecule has 206 valence electrons. The number of thiazole rings is 1. The van der Waals surface area contributed by atoms with Crippen LogP contribution in [0.15, 0.2) is 34.3 Å². The highest BCUT2D eigenvalue weighted by molar-refractivity contribution is 7.09. The Bertz CT molecular complexity index is 1480. The van der Waals surface area contributed by atoms with Crippen molar-refractivity contribution < 1.29 is 23.7 Å². The molecule has 3 unspecified atom stereocenters. The van der Waals surface area contributed by atoms with Crippen molar-refractivity contribution in [2.75, 3.05) is 24.4 Å². The van der Waals surface area contributed by atoms with E-state index in [2.05, 4.69) is 20.6 Å². The van der Waals surface area contributed by atoms with E-state index < -0.39 is 11.5 Å². The van der Waals surface area contributed by atoms with Gasteiger partial charge in [-0.25, -0.2) is 9.97 Å². The number of rotatable bonds is 9. The van der Waals surface area contributed by atoms with E-state index >= 15 is 0 Å². The maximum Gasteiger partial charge on any atom is 0.225 e. The molecule has 5 heterocycles. The van der Waals surface area contributed by atoms with Crippen LogP contribution in [0, 0.1) is 12.8 Å². The second-order valence-corrected chi connectivity index (χ2v) is 11.4. The van der Waals surface area contributed by atoms with Crippen molar-refractivity contribution in [3.63, 3.8) is 0 Å². The summed E-state index contributed by atoms with van der Waals surface area (Å²) in [6.07, 6.45) is 4.55. The van der Waals surface area contributed by atoms with Crippen LogP contribution in [0.25, 0.3) is 22.3 Å². The number of fused-ring (bicyclic) bond motifs is 2. The number of aryl methyl sites for hydroxylation is 1. The quantitative estimate of drug-likeness (QED) is 0.271. The molecule has 3 N–H and O–H groups in total. The van der Waals surface area contributed by atoms with Crippen LogP contribution in [-0.4, -0.2) is 56.4 Å². The summed E-state index contributed by atoms with van der Waals surface area (Å²) in [6.45, 7) is 6.63. The molecular weight excluding hydrogens is 520 g/mol. The third-order valence-corrected chi connectivity index (χ3v) is 7.93. The van der Waals surface area contributed by atoms with Gasteiger partial charge in [0, 0.05) is 36.6 Å². The van der Waals surface area contributed by atoms with Gasteiger partial charge in [-0.2, -0.15) is 4.98 Å². The highest BCUT2D eigenvalue weighted by Gasteiger charge is 2.60. The Balaban J connectivity index is 1.42. The van der Waals surface area contributed by atoms with Crippen LogP contribution in [0.1, 0.15) is 43.1 Å². The SMILES string of the molecule is COCc1cc2cc(-c3c(C)nc(NCc4nccs4)nc3NC34CCC(CO)C3OC(C)(C)O4)oc2cn1. The molecule has 0 bridgehead atoms. The Hall–Kier alpha value is -3.16. The normalized spacial score (nSPS) is 23.8. The van der Waals surface area contributed by atoms with E-state index in [1.165, 1.54) is 0 Å². The minimum Gasteiger partial charge on any atom is -0.454 e. The largest absolute Gasteiger partial charge is 0.454 e. The van der Waals surface area contributed by atoms with Crippen LogP contribution < -0.4 is 10.6 Å². The number of pyridine rings is 1. The van der Waals surface area contributed by atoms with Gasteiger partial charge in [-0.1, -0.05) is 0 Å². The lowest BCUT2D eigenvalue weighted by Gasteiger charge is -2.31. The summed E-state index contributed by atoms with van der Waals surface area (Å²) in [6, 6.07) is 3.92. The number of hydrogen-bond donors (Lipinski definition) is 3. The number of aromatic nitrogens is 4. The van der Waals surface area contributed by atoms with Gasteiger partial charge in [0.25, 0.3) is 0 Å². The zero-order valence-corrected chi connectivity index (χ0v) is 23.2. The minimum atomic E-state index is -0.863. The number of ether oxygens (including phenoxy) is 3. The molecule has 1 saturated carbocycles. The molecule has 1 aliphatic carbocycles. The van der Waals surface area contributed by atoms with Gasteiger partial charge in [-0.05, 0) is 45.7 Å². The minimum absolute atomic E-state index is 0.0181.